The Morgan fingerprint density at radius 2 is 1.90 bits per heavy atom. The van der Waals surface area contributed by atoms with Crippen LogP contribution in [0.2, 0.25) is 0 Å². The Labute approximate surface area is 178 Å². The molecule has 1 fully saturated rings. The molecule has 0 aromatic heterocycles. The van der Waals surface area contributed by atoms with Crippen LogP contribution in [-0.2, 0) is 16.1 Å². The number of nitrogens with one attached hydrogen (secondary N) is 1. The minimum atomic E-state index is -0.931. The van der Waals surface area contributed by atoms with Gasteiger partial charge in [-0.25, -0.2) is 5.06 Å². The SMILES string of the molecule is CC(C)(C)OC(O)N1CCN(C2=CC(C(=O)N(O)Cc3ccccc3)NC=C2)CC1. The topological polar surface area (TPSA) is 88.5 Å². The van der Waals surface area contributed by atoms with E-state index in [1.54, 1.807) is 6.20 Å². The van der Waals surface area contributed by atoms with Gasteiger partial charge < -0.3 is 20.1 Å². The predicted octanol–water partition coefficient (Wildman–Crippen LogP) is 1.48. The number of piperazine rings is 1. The van der Waals surface area contributed by atoms with E-state index in [9.17, 15) is 15.1 Å². The minimum Gasteiger partial charge on any atom is -0.376 e. The Morgan fingerprint density at radius 1 is 1.23 bits per heavy atom. The molecule has 8 heteroatoms. The van der Waals surface area contributed by atoms with E-state index in [4.69, 9.17) is 4.74 Å². The van der Waals surface area contributed by atoms with E-state index < -0.39 is 24.0 Å². The molecule has 2 atom stereocenters. The van der Waals surface area contributed by atoms with Gasteiger partial charge in [0.05, 0.1) is 12.1 Å². The number of amides is 1. The quantitative estimate of drug-likeness (QED) is 0.368. The predicted molar refractivity (Wildman–Crippen MR) is 113 cm³/mol. The summed E-state index contributed by atoms with van der Waals surface area (Å²) in [4.78, 5) is 16.7. The van der Waals surface area contributed by atoms with Crippen molar-refractivity contribution in [3.63, 3.8) is 0 Å². The minimum absolute atomic E-state index is 0.134. The maximum atomic E-state index is 12.7. The van der Waals surface area contributed by atoms with Crippen molar-refractivity contribution in [2.24, 2.45) is 0 Å². The first-order valence-electron chi connectivity index (χ1n) is 10.3. The summed E-state index contributed by atoms with van der Waals surface area (Å²) in [6, 6.07) is 8.73. The number of dihydropyridines is 1. The molecule has 1 aromatic carbocycles. The summed E-state index contributed by atoms with van der Waals surface area (Å²) >= 11 is 0. The molecule has 164 valence electrons. The summed E-state index contributed by atoms with van der Waals surface area (Å²) < 4.78 is 5.63. The lowest BCUT2D eigenvalue weighted by Crippen LogP contribution is -2.52. The third kappa shape index (κ3) is 6.06. The molecule has 0 bridgehead atoms. The lowest BCUT2D eigenvalue weighted by molar-refractivity contribution is -0.243. The molecule has 1 amide bonds. The van der Waals surface area contributed by atoms with Crippen LogP contribution >= 0.6 is 0 Å². The number of ether oxygens (including phenoxy) is 1. The molecule has 1 aromatic rings. The summed E-state index contributed by atoms with van der Waals surface area (Å²) in [6.07, 6.45) is 4.55. The largest absolute Gasteiger partial charge is 0.376 e. The second-order valence-electron chi connectivity index (χ2n) is 8.53. The van der Waals surface area contributed by atoms with Gasteiger partial charge in [0, 0.05) is 31.9 Å². The van der Waals surface area contributed by atoms with Crippen LogP contribution < -0.4 is 5.32 Å². The van der Waals surface area contributed by atoms with E-state index in [0.29, 0.717) is 26.2 Å². The zero-order valence-electron chi connectivity index (χ0n) is 17.9. The van der Waals surface area contributed by atoms with Gasteiger partial charge in [-0.05, 0) is 44.7 Å². The van der Waals surface area contributed by atoms with Crippen molar-refractivity contribution >= 4 is 5.91 Å². The van der Waals surface area contributed by atoms with Crippen LogP contribution in [0.15, 0.2) is 54.4 Å². The highest BCUT2D eigenvalue weighted by atomic mass is 16.6. The fourth-order valence-electron chi connectivity index (χ4n) is 3.45. The monoisotopic (exact) mass is 416 g/mol. The van der Waals surface area contributed by atoms with Gasteiger partial charge in [-0.3, -0.25) is 14.9 Å². The first-order chi connectivity index (χ1) is 14.2. The van der Waals surface area contributed by atoms with Gasteiger partial charge in [0.25, 0.3) is 5.91 Å². The number of hydroxylamine groups is 2. The van der Waals surface area contributed by atoms with E-state index in [0.717, 1.165) is 16.3 Å². The first-order valence-corrected chi connectivity index (χ1v) is 10.3. The normalized spacial score (nSPS) is 21.0. The second-order valence-corrected chi connectivity index (χ2v) is 8.53. The Morgan fingerprint density at radius 3 is 2.53 bits per heavy atom. The van der Waals surface area contributed by atoms with E-state index in [2.05, 4.69) is 10.2 Å². The van der Waals surface area contributed by atoms with Crippen molar-refractivity contribution < 1.29 is 19.8 Å². The number of allylic oxidation sites excluding steroid dienone is 1. The van der Waals surface area contributed by atoms with Crippen molar-refractivity contribution in [3.8, 4) is 0 Å². The Bertz CT molecular complexity index is 767. The fraction of sp³-hybridized carbons (Fsp3) is 0.500. The van der Waals surface area contributed by atoms with Crippen LogP contribution in [0.1, 0.15) is 26.3 Å². The molecule has 1 saturated heterocycles. The maximum absolute atomic E-state index is 12.7. The number of hydrogen-bond donors (Lipinski definition) is 3. The molecule has 3 rings (SSSR count). The number of carbonyl (C=O) groups excluding carboxylic acids is 1. The summed E-state index contributed by atoms with van der Waals surface area (Å²) in [5, 5.41) is 24.3. The van der Waals surface area contributed by atoms with Gasteiger partial charge in [-0.2, -0.15) is 0 Å². The van der Waals surface area contributed by atoms with E-state index in [1.165, 1.54) is 0 Å². The molecule has 0 radical (unpaired) electrons. The van der Waals surface area contributed by atoms with E-state index in [1.807, 2.05) is 68.2 Å². The zero-order valence-corrected chi connectivity index (χ0v) is 17.9. The lowest BCUT2D eigenvalue weighted by Gasteiger charge is -2.40. The average molecular weight is 417 g/mol. The number of carbonyl (C=O) groups is 1. The summed E-state index contributed by atoms with van der Waals surface area (Å²) in [6.45, 7) is 8.57. The van der Waals surface area contributed by atoms with Crippen molar-refractivity contribution in [3.05, 3.63) is 59.9 Å². The second kappa shape index (κ2) is 9.61. The van der Waals surface area contributed by atoms with Crippen molar-refractivity contribution in [2.75, 3.05) is 26.2 Å². The summed E-state index contributed by atoms with van der Waals surface area (Å²) in [7, 11) is 0. The smallest absolute Gasteiger partial charge is 0.272 e. The average Bonchev–Trinajstić information content (AvgIpc) is 2.73. The molecule has 2 unspecified atom stereocenters. The fourth-order valence-corrected chi connectivity index (χ4v) is 3.45. The molecule has 2 aliphatic heterocycles. The number of hydrogen-bond acceptors (Lipinski definition) is 7. The number of aliphatic hydroxyl groups excluding tert-OH is 1. The molecular formula is C22H32N4O4. The molecule has 0 saturated carbocycles. The van der Waals surface area contributed by atoms with Crippen LogP contribution in [0.5, 0.6) is 0 Å². The Kier molecular flexibility index (Phi) is 7.14. The Balaban J connectivity index is 1.55. The van der Waals surface area contributed by atoms with Gasteiger partial charge in [-0.15, -0.1) is 0 Å². The summed E-state index contributed by atoms with van der Waals surface area (Å²) in [5.74, 6) is -0.409. The zero-order chi connectivity index (χ0) is 21.7. The highest BCUT2D eigenvalue weighted by molar-refractivity contribution is 5.83. The standard InChI is InChI=1S/C22H32N4O4/c1-22(2,3)30-21(28)25-13-11-24(12-14-25)18-9-10-23-19(15-18)20(27)26(29)16-17-7-5-4-6-8-17/h4-10,15,19,21,23,28-29H,11-14,16H2,1-3H3. The molecule has 2 heterocycles. The molecule has 8 nitrogen and oxygen atoms in total. The van der Waals surface area contributed by atoms with Crippen LogP contribution in [0.4, 0.5) is 0 Å². The van der Waals surface area contributed by atoms with Crippen molar-refractivity contribution in [2.45, 2.75) is 45.4 Å². The van der Waals surface area contributed by atoms with Gasteiger partial charge in [0.15, 0.2) is 0 Å². The van der Waals surface area contributed by atoms with Gasteiger partial charge >= 0.3 is 0 Å². The number of aliphatic hydroxyl groups is 1. The van der Waals surface area contributed by atoms with E-state index >= 15 is 0 Å². The van der Waals surface area contributed by atoms with Crippen LogP contribution in [0.3, 0.4) is 0 Å². The molecule has 2 aliphatic rings. The van der Waals surface area contributed by atoms with Crippen LogP contribution in [0, 0.1) is 0 Å². The van der Waals surface area contributed by atoms with Crippen LogP contribution in [0.25, 0.3) is 0 Å². The lowest BCUT2D eigenvalue weighted by atomic mass is 10.1. The molecule has 0 aliphatic carbocycles. The first kappa shape index (κ1) is 22.3. The van der Waals surface area contributed by atoms with E-state index in [-0.39, 0.29) is 6.54 Å². The maximum Gasteiger partial charge on any atom is 0.272 e. The van der Waals surface area contributed by atoms with Crippen molar-refractivity contribution in [1.82, 2.24) is 20.2 Å². The van der Waals surface area contributed by atoms with Gasteiger partial charge in [0.1, 0.15) is 6.04 Å². The highest BCUT2D eigenvalue weighted by Crippen LogP contribution is 2.18. The third-order valence-corrected chi connectivity index (χ3v) is 5.01. The molecule has 30 heavy (non-hydrogen) atoms. The highest BCUT2D eigenvalue weighted by Gasteiger charge is 2.29. The van der Waals surface area contributed by atoms with Gasteiger partial charge in [-0.1, -0.05) is 30.3 Å². The summed E-state index contributed by atoms with van der Waals surface area (Å²) in [5.41, 5.74) is 1.36. The third-order valence-electron chi connectivity index (χ3n) is 5.01. The van der Waals surface area contributed by atoms with Gasteiger partial charge in [0.2, 0.25) is 6.41 Å². The number of benzene rings is 1. The van der Waals surface area contributed by atoms with Crippen LogP contribution in [-0.4, -0.2) is 75.3 Å². The number of rotatable bonds is 6. The molecule has 3 N–H and O–H groups in total. The Hall–Kier alpha value is -2.39. The van der Waals surface area contributed by atoms with Crippen molar-refractivity contribution in [1.29, 1.82) is 0 Å². The molecular weight excluding hydrogens is 384 g/mol. The number of nitrogens with zero attached hydrogens (tertiary/aromatic N) is 3. The molecule has 0 spiro atoms.